The molecular weight excluding hydrogens is 352 g/mol. The van der Waals surface area contributed by atoms with E-state index in [2.05, 4.69) is 28.9 Å². The molecule has 8 nitrogen and oxygen atoms in total. The summed E-state index contributed by atoms with van der Waals surface area (Å²) in [5, 5.41) is 4.33. The second-order valence-corrected chi connectivity index (χ2v) is 9.30. The van der Waals surface area contributed by atoms with Crippen molar-refractivity contribution < 1.29 is 8.42 Å². The number of hydrogen-bond donors (Lipinski definition) is 0. The lowest BCUT2D eigenvalue weighted by atomic mass is 10.0. The Morgan fingerprint density at radius 1 is 1.27 bits per heavy atom. The van der Waals surface area contributed by atoms with Crippen molar-refractivity contribution in [1.29, 1.82) is 0 Å². The van der Waals surface area contributed by atoms with Crippen LogP contribution >= 0.6 is 0 Å². The zero-order valence-corrected chi connectivity index (χ0v) is 16.5. The Morgan fingerprint density at radius 2 is 2.04 bits per heavy atom. The van der Waals surface area contributed by atoms with Gasteiger partial charge in [0.2, 0.25) is 0 Å². The first-order valence-corrected chi connectivity index (χ1v) is 10.2. The van der Waals surface area contributed by atoms with Gasteiger partial charge in [0, 0.05) is 45.6 Å². The molecule has 0 radical (unpaired) electrons. The normalized spacial score (nSPS) is 18.9. The summed E-state index contributed by atoms with van der Waals surface area (Å²) >= 11 is 0. The van der Waals surface area contributed by atoms with Crippen molar-refractivity contribution in [2.45, 2.75) is 32.7 Å². The maximum atomic E-state index is 12.2. The van der Waals surface area contributed by atoms with Gasteiger partial charge in [-0.25, -0.2) is 0 Å². The second kappa shape index (κ2) is 7.42. The molecule has 1 fully saturated rings. The summed E-state index contributed by atoms with van der Waals surface area (Å²) < 4.78 is 29.1. The highest BCUT2D eigenvalue weighted by Crippen LogP contribution is 2.24. The van der Waals surface area contributed by atoms with E-state index in [0.29, 0.717) is 13.1 Å². The summed E-state index contributed by atoms with van der Waals surface area (Å²) in [5.74, 6) is 0.270. The van der Waals surface area contributed by atoms with Gasteiger partial charge in [0.1, 0.15) is 5.69 Å². The Morgan fingerprint density at radius 3 is 2.65 bits per heavy atom. The maximum Gasteiger partial charge on any atom is 0.281 e. The summed E-state index contributed by atoms with van der Waals surface area (Å²) in [6, 6.07) is 2.19. The van der Waals surface area contributed by atoms with E-state index in [9.17, 15) is 8.42 Å². The zero-order chi connectivity index (χ0) is 18.9. The summed E-state index contributed by atoms with van der Waals surface area (Å²) in [5.41, 5.74) is 2.63. The van der Waals surface area contributed by atoms with Gasteiger partial charge in [0.05, 0.1) is 17.6 Å². The Kier molecular flexibility index (Phi) is 5.40. The lowest BCUT2D eigenvalue weighted by Crippen LogP contribution is -2.38. The van der Waals surface area contributed by atoms with Crippen molar-refractivity contribution in [1.82, 2.24) is 28.4 Å². The molecule has 0 aromatic carbocycles. The number of hydrogen-bond acceptors (Lipinski definition) is 5. The molecule has 1 saturated heterocycles. The van der Waals surface area contributed by atoms with E-state index in [1.54, 1.807) is 37.0 Å². The Bertz CT molecular complexity index is 844. The fourth-order valence-electron chi connectivity index (χ4n) is 3.22. The van der Waals surface area contributed by atoms with Crippen LogP contribution in [0.4, 0.5) is 0 Å². The van der Waals surface area contributed by atoms with E-state index in [0.717, 1.165) is 29.9 Å². The second-order valence-electron chi connectivity index (χ2n) is 7.15. The first kappa shape index (κ1) is 18.9. The van der Waals surface area contributed by atoms with Gasteiger partial charge in [-0.3, -0.25) is 14.6 Å². The minimum atomic E-state index is -3.33. The van der Waals surface area contributed by atoms with E-state index >= 15 is 0 Å². The summed E-state index contributed by atoms with van der Waals surface area (Å²) in [7, 11) is -0.202. The highest BCUT2D eigenvalue weighted by molar-refractivity contribution is 7.86. The van der Waals surface area contributed by atoms with E-state index in [1.807, 2.05) is 10.7 Å². The summed E-state index contributed by atoms with van der Waals surface area (Å²) in [6.45, 7) is 5.24. The van der Waals surface area contributed by atoms with Crippen molar-refractivity contribution in [2.75, 3.05) is 27.2 Å². The van der Waals surface area contributed by atoms with Crippen LogP contribution in [-0.4, -0.2) is 64.0 Å². The van der Waals surface area contributed by atoms with Crippen molar-refractivity contribution in [3.05, 3.63) is 30.4 Å². The average Bonchev–Trinajstić information content (AvgIpc) is 3.25. The number of aromatic nitrogens is 4. The van der Waals surface area contributed by atoms with Crippen molar-refractivity contribution in [2.24, 2.45) is 5.92 Å². The monoisotopic (exact) mass is 378 g/mol. The smallest absolute Gasteiger partial charge is 0.261 e. The van der Waals surface area contributed by atoms with Gasteiger partial charge >= 0.3 is 0 Å². The van der Waals surface area contributed by atoms with Crippen LogP contribution in [0, 0.1) is 5.92 Å². The number of rotatable bonds is 6. The van der Waals surface area contributed by atoms with Crippen LogP contribution in [-0.2, 0) is 16.6 Å². The van der Waals surface area contributed by atoms with Gasteiger partial charge in [-0.15, -0.1) is 0 Å². The van der Waals surface area contributed by atoms with Gasteiger partial charge in [-0.2, -0.15) is 22.1 Å². The van der Waals surface area contributed by atoms with Crippen molar-refractivity contribution in [3.63, 3.8) is 0 Å². The predicted molar refractivity (Wildman–Crippen MR) is 99.6 cm³/mol. The molecule has 2 aromatic rings. The summed E-state index contributed by atoms with van der Waals surface area (Å²) in [6.07, 6.45) is 6.90. The lowest BCUT2D eigenvalue weighted by Gasteiger charge is -2.20. The molecule has 0 saturated carbocycles. The molecule has 142 valence electrons. The predicted octanol–water partition coefficient (Wildman–Crippen LogP) is 1.59. The molecule has 0 unspecified atom stereocenters. The molecule has 3 heterocycles. The van der Waals surface area contributed by atoms with Crippen LogP contribution in [0.15, 0.2) is 24.7 Å². The SMILES string of the molecule is CC(C)n1nccc1-c1cnc(C[C@@H]2CCN(S(=O)(=O)N(C)C)C2)cn1. The minimum Gasteiger partial charge on any atom is -0.261 e. The molecule has 9 heteroatoms. The molecule has 0 amide bonds. The van der Waals surface area contributed by atoms with E-state index in [4.69, 9.17) is 0 Å². The Balaban J connectivity index is 1.66. The van der Waals surface area contributed by atoms with Gasteiger partial charge < -0.3 is 0 Å². The molecule has 0 aliphatic carbocycles. The highest BCUT2D eigenvalue weighted by atomic mass is 32.2. The largest absolute Gasteiger partial charge is 0.281 e. The van der Waals surface area contributed by atoms with Crippen LogP contribution in [0.25, 0.3) is 11.4 Å². The quantitative estimate of drug-likeness (QED) is 0.762. The van der Waals surface area contributed by atoms with Crippen LogP contribution in [0.3, 0.4) is 0 Å². The van der Waals surface area contributed by atoms with Crippen LogP contribution < -0.4 is 0 Å². The van der Waals surface area contributed by atoms with Gasteiger partial charge in [0.25, 0.3) is 10.2 Å². The third-order valence-corrected chi connectivity index (χ3v) is 6.57. The van der Waals surface area contributed by atoms with Gasteiger partial charge in [-0.1, -0.05) is 0 Å². The zero-order valence-electron chi connectivity index (χ0n) is 15.7. The van der Waals surface area contributed by atoms with E-state index < -0.39 is 10.2 Å². The standard InChI is InChI=1S/C17H26N6O2S/c1-13(2)23-17(5-7-20-23)16-11-18-15(10-19-16)9-14-6-8-22(12-14)26(24,25)21(3)4/h5,7,10-11,13-14H,6,8-9,12H2,1-4H3/t14-/m0/s1. The molecule has 1 aliphatic rings. The first-order valence-electron chi connectivity index (χ1n) is 8.81. The third kappa shape index (κ3) is 3.79. The number of nitrogens with zero attached hydrogens (tertiary/aromatic N) is 6. The maximum absolute atomic E-state index is 12.2. The molecule has 1 atom stereocenters. The average molecular weight is 379 g/mol. The Labute approximate surface area is 155 Å². The van der Waals surface area contributed by atoms with Crippen LogP contribution in [0.5, 0.6) is 0 Å². The van der Waals surface area contributed by atoms with E-state index in [1.165, 1.54) is 4.31 Å². The first-order chi connectivity index (χ1) is 12.3. The third-order valence-electron chi connectivity index (χ3n) is 4.66. The molecule has 0 spiro atoms. The molecular formula is C17H26N6O2S. The lowest BCUT2D eigenvalue weighted by molar-refractivity contribution is 0.409. The molecule has 3 rings (SSSR count). The topological polar surface area (TPSA) is 84.2 Å². The Hall–Kier alpha value is -1.84. The fourth-order valence-corrected chi connectivity index (χ4v) is 4.42. The molecule has 1 aliphatic heterocycles. The van der Waals surface area contributed by atoms with Gasteiger partial charge in [-0.05, 0) is 38.7 Å². The molecule has 26 heavy (non-hydrogen) atoms. The molecule has 0 bridgehead atoms. The highest BCUT2D eigenvalue weighted by Gasteiger charge is 2.32. The van der Waals surface area contributed by atoms with Gasteiger partial charge in [0.15, 0.2) is 0 Å². The van der Waals surface area contributed by atoms with Crippen molar-refractivity contribution in [3.8, 4) is 11.4 Å². The van der Waals surface area contributed by atoms with Crippen LogP contribution in [0.1, 0.15) is 32.0 Å². The van der Waals surface area contributed by atoms with E-state index in [-0.39, 0.29) is 12.0 Å². The molecule has 2 aromatic heterocycles. The minimum absolute atomic E-state index is 0.254. The summed E-state index contributed by atoms with van der Waals surface area (Å²) in [4.78, 5) is 9.08. The van der Waals surface area contributed by atoms with Crippen molar-refractivity contribution >= 4 is 10.2 Å². The van der Waals surface area contributed by atoms with Crippen LogP contribution in [0.2, 0.25) is 0 Å². The molecule has 0 N–H and O–H groups in total. The fraction of sp³-hybridized carbons (Fsp3) is 0.588.